The number of fused-ring (bicyclic) bond motifs is 1. The van der Waals surface area contributed by atoms with Gasteiger partial charge < -0.3 is 4.74 Å². The lowest BCUT2D eigenvalue weighted by molar-refractivity contribution is 0.0241. The highest BCUT2D eigenvalue weighted by Gasteiger charge is 2.31. The smallest absolute Gasteiger partial charge is 0.410 e. The summed E-state index contributed by atoms with van der Waals surface area (Å²) < 4.78 is 18.6. The zero-order valence-corrected chi connectivity index (χ0v) is 14.3. The van der Waals surface area contributed by atoms with Gasteiger partial charge in [0.05, 0.1) is 24.5 Å². The van der Waals surface area contributed by atoms with Crippen molar-refractivity contribution >= 4 is 6.09 Å². The van der Waals surface area contributed by atoms with Crippen molar-refractivity contribution in [3.63, 3.8) is 0 Å². The van der Waals surface area contributed by atoms with Gasteiger partial charge in [0, 0.05) is 11.1 Å². The first-order chi connectivity index (χ1) is 11.2. The average molecular weight is 329 g/mol. The van der Waals surface area contributed by atoms with Crippen LogP contribution in [0.5, 0.6) is 0 Å². The largest absolute Gasteiger partial charge is 0.444 e. The van der Waals surface area contributed by atoms with Crippen molar-refractivity contribution in [2.75, 3.05) is 0 Å². The number of ether oxygens (including phenoxy) is 1. The predicted molar refractivity (Wildman–Crippen MR) is 87.6 cm³/mol. The monoisotopic (exact) mass is 329 g/mol. The lowest BCUT2D eigenvalue weighted by Gasteiger charge is -2.24. The number of amides is 1. The zero-order valence-electron chi connectivity index (χ0n) is 14.3. The lowest BCUT2D eigenvalue weighted by atomic mass is 10.1. The molecule has 2 aromatic rings. The molecule has 0 spiro atoms. The van der Waals surface area contributed by atoms with Crippen LogP contribution >= 0.6 is 0 Å². The number of rotatable bonds is 1. The maximum atomic E-state index is 13.2. The molecule has 0 atom stereocenters. The highest BCUT2D eigenvalue weighted by atomic mass is 19.1. The number of benzene rings is 1. The van der Waals surface area contributed by atoms with Crippen molar-refractivity contribution in [1.29, 1.82) is 0 Å². The molecule has 24 heavy (non-hydrogen) atoms. The molecule has 0 bridgehead atoms. The maximum absolute atomic E-state index is 13.2. The van der Waals surface area contributed by atoms with E-state index in [1.165, 1.54) is 12.1 Å². The van der Waals surface area contributed by atoms with Gasteiger partial charge in [-0.2, -0.15) is 0 Å². The van der Waals surface area contributed by atoms with Gasteiger partial charge >= 0.3 is 6.09 Å². The summed E-state index contributed by atoms with van der Waals surface area (Å²) in [7, 11) is 0. The topological polar surface area (TPSA) is 55.3 Å². The molecule has 0 unspecified atom stereocenters. The van der Waals surface area contributed by atoms with Crippen molar-refractivity contribution in [2.45, 2.75) is 46.4 Å². The standard InChI is InChI=1S/C18H20FN3O2/c1-11-20-15-10-22(17(23)24-18(2,3)4)9-14(15)16(21-11)12-5-7-13(19)8-6-12/h5-8H,9-10H2,1-4H3. The SMILES string of the molecule is Cc1nc2c(c(-c3ccc(F)cc3)n1)CN(C(=O)OC(C)(C)C)C2. The van der Waals surface area contributed by atoms with Crippen LogP contribution in [-0.4, -0.2) is 26.6 Å². The van der Waals surface area contributed by atoms with Gasteiger partial charge in [0.1, 0.15) is 17.2 Å². The molecule has 1 amide bonds. The van der Waals surface area contributed by atoms with Gasteiger partial charge in [-0.25, -0.2) is 19.2 Å². The van der Waals surface area contributed by atoms with E-state index in [2.05, 4.69) is 9.97 Å². The normalized spacial score (nSPS) is 13.8. The first-order valence-electron chi connectivity index (χ1n) is 7.83. The first kappa shape index (κ1) is 16.4. The quantitative estimate of drug-likeness (QED) is 0.797. The van der Waals surface area contributed by atoms with Crippen molar-refractivity contribution < 1.29 is 13.9 Å². The fourth-order valence-electron chi connectivity index (χ4n) is 2.68. The molecule has 0 N–H and O–H groups in total. The maximum Gasteiger partial charge on any atom is 0.410 e. The van der Waals surface area contributed by atoms with Crippen molar-refractivity contribution in [3.8, 4) is 11.3 Å². The molecule has 0 radical (unpaired) electrons. The third-order valence-corrected chi connectivity index (χ3v) is 3.66. The number of carbonyl (C=O) groups excluding carboxylic acids is 1. The van der Waals surface area contributed by atoms with Gasteiger partial charge in [-0.1, -0.05) is 0 Å². The Balaban J connectivity index is 1.93. The number of aryl methyl sites for hydroxylation is 1. The van der Waals surface area contributed by atoms with Crippen LogP contribution in [-0.2, 0) is 17.8 Å². The Kier molecular flexibility index (Phi) is 3.99. The Hall–Kier alpha value is -2.50. The minimum atomic E-state index is -0.548. The van der Waals surface area contributed by atoms with Gasteiger partial charge in [-0.05, 0) is 52.0 Å². The molecule has 3 rings (SSSR count). The Morgan fingerprint density at radius 3 is 2.46 bits per heavy atom. The average Bonchev–Trinajstić information content (AvgIpc) is 2.89. The molecule has 1 aromatic carbocycles. The number of nitrogens with zero attached hydrogens (tertiary/aromatic N) is 3. The van der Waals surface area contributed by atoms with Crippen LogP contribution in [0.15, 0.2) is 24.3 Å². The third kappa shape index (κ3) is 3.37. The molecule has 2 heterocycles. The zero-order chi connectivity index (χ0) is 17.5. The second kappa shape index (κ2) is 5.85. The van der Waals surface area contributed by atoms with Crippen LogP contribution in [0.3, 0.4) is 0 Å². The second-order valence-electron chi connectivity index (χ2n) is 6.89. The van der Waals surface area contributed by atoms with E-state index in [-0.39, 0.29) is 11.9 Å². The van der Waals surface area contributed by atoms with Crippen LogP contribution in [0.1, 0.15) is 37.9 Å². The molecule has 1 aromatic heterocycles. The van der Waals surface area contributed by atoms with E-state index >= 15 is 0 Å². The number of hydrogen-bond donors (Lipinski definition) is 0. The summed E-state index contributed by atoms with van der Waals surface area (Å²) in [6.45, 7) is 8.09. The molecule has 5 nitrogen and oxygen atoms in total. The van der Waals surface area contributed by atoms with Crippen molar-refractivity contribution in [2.24, 2.45) is 0 Å². The Morgan fingerprint density at radius 2 is 1.83 bits per heavy atom. The number of hydrogen-bond acceptors (Lipinski definition) is 4. The van der Waals surface area contributed by atoms with E-state index < -0.39 is 5.60 Å². The van der Waals surface area contributed by atoms with Crippen LogP contribution in [0.2, 0.25) is 0 Å². The number of aromatic nitrogens is 2. The van der Waals surface area contributed by atoms with E-state index in [9.17, 15) is 9.18 Å². The van der Waals surface area contributed by atoms with E-state index in [0.29, 0.717) is 18.9 Å². The molecule has 0 fully saturated rings. The molecule has 126 valence electrons. The molecular weight excluding hydrogens is 309 g/mol. The molecular formula is C18H20FN3O2. The number of halogens is 1. The van der Waals surface area contributed by atoms with Crippen molar-refractivity contribution in [1.82, 2.24) is 14.9 Å². The molecule has 1 aliphatic rings. The van der Waals surface area contributed by atoms with E-state index in [4.69, 9.17) is 4.74 Å². The van der Waals surface area contributed by atoms with Crippen LogP contribution in [0.25, 0.3) is 11.3 Å². The highest BCUT2D eigenvalue weighted by molar-refractivity contribution is 5.71. The fourth-order valence-corrected chi connectivity index (χ4v) is 2.68. The highest BCUT2D eigenvalue weighted by Crippen LogP contribution is 2.31. The molecule has 1 aliphatic heterocycles. The minimum absolute atomic E-state index is 0.295. The Labute approximate surface area is 140 Å². The minimum Gasteiger partial charge on any atom is -0.444 e. The van der Waals surface area contributed by atoms with Gasteiger partial charge in [-0.15, -0.1) is 0 Å². The number of carbonyl (C=O) groups is 1. The van der Waals surface area contributed by atoms with Gasteiger partial charge in [-0.3, -0.25) is 4.90 Å². The van der Waals surface area contributed by atoms with Gasteiger partial charge in [0.15, 0.2) is 0 Å². The summed E-state index contributed by atoms with van der Waals surface area (Å²) in [5, 5.41) is 0. The van der Waals surface area contributed by atoms with Crippen molar-refractivity contribution in [3.05, 3.63) is 47.2 Å². The Morgan fingerprint density at radius 1 is 1.17 bits per heavy atom. The molecule has 6 heteroatoms. The summed E-state index contributed by atoms with van der Waals surface area (Å²) in [5.74, 6) is 0.329. The molecule has 0 aliphatic carbocycles. The van der Waals surface area contributed by atoms with Gasteiger partial charge in [0.2, 0.25) is 0 Å². The van der Waals surface area contributed by atoms with Crippen LogP contribution < -0.4 is 0 Å². The molecule has 0 saturated heterocycles. The lowest BCUT2D eigenvalue weighted by Crippen LogP contribution is -2.33. The second-order valence-corrected chi connectivity index (χ2v) is 6.89. The summed E-state index contributed by atoms with van der Waals surface area (Å²) in [5.41, 5.74) is 2.70. The van der Waals surface area contributed by atoms with Crippen LogP contribution in [0.4, 0.5) is 9.18 Å². The van der Waals surface area contributed by atoms with E-state index in [1.54, 1.807) is 17.0 Å². The summed E-state index contributed by atoms with van der Waals surface area (Å²) in [6, 6.07) is 6.18. The first-order valence-corrected chi connectivity index (χ1v) is 7.83. The van der Waals surface area contributed by atoms with Crippen LogP contribution in [0, 0.1) is 12.7 Å². The van der Waals surface area contributed by atoms with E-state index in [0.717, 1.165) is 22.5 Å². The fraction of sp³-hybridized carbons (Fsp3) is 0.389. The summed E-state index contributed by atoms with van der Waals surface area (Å²) in [4.78, 5) is 22.9. The van der Waals surface area contributed by atoms with E-state index in [1.807, 2.05) is 27.7 Å². The third-order valence-electron chi connectivity index (χ3n) is 3.66. The summed E-state index contributed by atoms with van der Waals surface area (Å²) >= 11 is 0. The van der Waals surface area contributed by atoms with Gasteiger partial charge in [0.25, 0.3) is 0 Å². The summed E-state index contributed by atoms with van der Waals surface area (Å²) in [6.07, 6.45) is -0.372. The predicted octanol–water partition coefficient (Wildman–Crippen LogP) is 3.84. The Bertz CT molecular complexity index is 782. The molecule has 0 saturated carbocycles.